The number of hydrogen-bond donors (Lipinski definition) is 0. The van der Waals surface area contributed by atoms with Crippen molar-refractivity contribution < 1.29 is 4.74 Å². The van der Waals surface area contributed by atoms with Crippen LogP contribution in [0.1, 0.15) is 25.4 Å². The van der Waals surface area contributed by atoms with Crippen LogP contribution in [-0.2, 0) is 16.2 Å². The molecule has 2 aromatic rings. The minimum atomic E-state index is -0.228. The highest BCUT2D eigenvalue weighted by atomic mass is 35.5. The molecule has 2 rings (SSSR count). The van der Waals surface area contributed by atoms with Crippen molar-refractivity contribution in [3.8, 4) is 0 Å². The van der Waals surface area contributed by atoms with Gasteiger partial charge in [-0.1, -0.05) is 0 Å². The molecule has 0 aliphatic rings. The van der Waals surface area contributed by atoms with Crippen molar-refractivity contribution in [1.82, 2.24) is 14.5 Å². The van der Waals surface area contributed by atoms with Gasteiger partial charge in [0.25, 0.3) is 0 Å². The van der Waals surface area contributed by atoms with Gasteiger partial charge in [-0.25, -0.2) is 9.97 Å². The average Bonchev–Trinajstić information content (AvgIpc) is 2.67. The number of alkyl halides is 1. The fraction of sp³-hybridized carbons (Fsp3) is 0.538. The third-order valence-corrected chi connectivity index (χ3v) is 3.17. The van der Waals surface area contributed by atoms with Crippen molar-refractivity contribution >= 4 is 22.8 Å². The SMILES string of the molecule is COCC(C)(C)n1c(CCl)nc2ccc(C)nc21. The predicted octanol–water partition coefficient (Wildman–Crippen LogP) is 2.86. The molecule has 2 heterocycles. The number of halogens is 1. The molecule has 0 aliphatic heterocycles. The molecule has 0 saturated carbocycles. The molecule has 18 heavy (non-hydrogen) atoms. The van der Waals surface area contributed by atoms with Crippen molar-refractivity contribution in [1.29, 1.82) is 0 Å². The summed E-state index contributed by atoms with van der Waals surface area (Å²) in [6.07, 6.45) is 0. The molecule has 0 aliphatic carbocycles. The molecule has 5 heteroatoms. The zero-order valence-electron chi connectivity index (χ0n) is 11.2. The van der Waals surface area contributed by atoms with Crippen molar-refractivity contribution in [3.05, 3.63) is 23.7 Å². The number of pyridine rings is 1. The maximum Gasteiger partial charge on any atom is 0.160 e. The van der Waals surface area contributed by atoms with Gasteiger partial charge >= 0.3 is 0 Å². The summed E-state index contributed by atoms with van der Waals surface area (Å²) in [5.41, 5.74) is 2.49. The fourth-order valence-electron chi connectivity index (χ4n) is 2.24. The lowest BCUT2D eigenvalue weighted by molar-refractivity contribution is 0.110. The van der Waals surface area contributed by atoms with Crippen molar-refractivity contribution in [3.63, 3.8) is 0 Å². The third-order valence-electron chi connectivity index (χ3n) is 2.94. The van der Waals surface area contributed by atoms with E-state index in [2.05, 4.69) is 28.4 Å². The summed E-state index contributed by atoms with van der Waals surface area (Å²) in [6, 6.07) is 3.94. The standard InChI is InChI=1S/C13H18ClN3O/c1-9-5-6-10-12(15-9)17(11(7-14)16-10)13(2,3)8-18-4/h5-6H,7-8H2,1-4H3. The van der Waals surface area contributed by atoms with Gasteiger partial charge in [-0.2, -0.15) is 0 Å². The van der Waals surface area contributed by atoms with Crippen molar-refractivity contribution in [2.75, 3.05) is 13.7 Å². The molecule has 0 aromatic carbocycles. The van der Waals surface area contributed by atoms with Crippen LogP contribution in [-0.4, -0.2) is 28.3 Å². The Bertz CT molecular complexity index is 563. The Labute approximate surface area is 112 Å². The van der Waals surface area contributed by atoms with Crippen molar-refractivity contribution in [2.24, 2.45) is 0 Å². The van der Waals surface area contributed by atoms with Crippen LogP contribution < -0.4 is 0 Å². The van der Waals surface area contributed by atoms with E-state index in [1.807, 2.05) is 19.1 Å². The first-order chi connectivity index (χ1) is 8.49. The van der Waals surface area contributed by atoms with Crippen LogP contribution in [0.3, 0.4) is 0 Å². The van der Waals surface area contributed by atoms with E-state index in [1.54, 1.807) is 7.11 Å². The van der Waals surface area contributed by atoms with Crippen molar-refractivity contribution in [2.45, 2.75) is 32.2 Å². The molecule has 98 valence electrons. The van der Waals surface area contributed by atoms with Gasteiger partial charge in [-0.3, -0.25) is 0 Å². The Hall–Kier alpha value is -1.13. The highest BCUT2D eigenvalue weighted by Gasteiger charge is 2.26. The number of imidazole rings is 1. The summed E-state index contributed by atoms with van der Waals surface area (Å²) in [5.74, 6) is 1.19. The molecule has 0 radical (unpaired) electrons. The molecule has 0 amide bonds. The lowest BCUT2D eigenvalue weighted by atomic mass is 10.1. The predicted molar refractivity (Wildman–Crippen MR) is 73.0 cm³/mol. The number of hydrogen-bond acceptors (Lipinski definition) is 3. The van der Waals surface area contributed by atoms with E-state index in [1.165, 1.54) is 0 Å². The number of aromatic nitrogens is 3. The first-order valence-corrected chi connectivity index (χ1v) is 6.43. The minimum absolute atomic E-state index is 0.228. The zero-order valence-corrected chi connectivity index (χ0v) is 12.0. The minimum Gasteiger partial charge on any atom is -0.382 e. The Morgan fingerprint density at radius 3 is 2.67 bits per heavy atom. The monoisotopic (exact) mass is 267 g/mol. The summed E-state index contributed by atoms with van der Waals surface area (Å²) in [6.45, 7) is 6.74. The van der Waals surface area contributed by atoms with Crippen LogP contribution >= 0.6 is 11.6 Å². The molecule has 0 saturated heterocycles. The van der Waals surface area contributed by atoms with Crippen LogP contribution in [0.15, 0.2) is 12.1 Å². The second-order valence-corrected chi connectivity index (χ2v) is 5.31. The van der Waals surface area contributed by atoms with Gasteiger partial charge in [0.2, 0.25) is 0 Å². The van der Waals surface area contributed by atoms with Crippen LogP contribution in [0.25, 0.3) is 11.2 Å². The summed E-state index contributed by atoms with van der Waals surface area (Å²) in [4.78, 5) is 9.11. The molecular weight excluding hydrogens is 250 g/mol. The first kappa shape index (κ1) is 13.3. The maximum absolute atomic E-state index is 6.00. The van der Waals surface area contributed by atoms with Crippen LogP contribution in [0.4, 0.5) is 0 Å². The van der Waals surface area contributed by atoms with Crippen LogP contribution in [0.5, 0.6) is 0 Å². The number of aryl methyl sites for hydroxylation is 1. The zero-order chi connectivity index (χ0) is 13.3. The Balaban J connectivity index is 2.69. The normalized spacial score (nSPS) is 12.3. The Kier molecular flexibility index (Phi) is 3.59. The lowest BCUT2D eigenvalue weighted by Gasteiger charge is -2.27. The van der Waals surface area contributed by atoms with Gasteiger partial charge in [-0.15, -0.1) is 11.6 Å². The van der Waals surface area contributed by atoms with Gasteiger partial charge in [0, 0.05) is 12.8 Å². The van der Waals surface area contributed by atoms with Gasteiger partial charge in [0.15, 0.2) is 5.65 Å². The number of nitrogens with zero attached hydrogens (tertiary/aromatic N) is 3. The number of ether oxygens (including phenoxy) is 1. The van der Waals surface area contributed by atoms with Gasteiger partial charge in [0.1, 0.15) is 11.3 Å². The summed E-state index contributed by atoms with van der Waals surface area (Å²) < 4.78 is 7.36. The van der Waals surface area contributed by atoms with Crippen LogP contribution in [0.2, 0.25) is 0 Å². The van der Waals surface area contributed by atoms with E-state index in [0.29, 0.717) is 12.5 Å². The smallest absolute Gasteiger partial charge is 0.160 e. The number of methoxy groups -OCH3 is 1. The van der Waals surface area contributed by atoms with E-state index in [4.69, 9.17) is 16.3 Å². The van der Waals surface area contributed by atoms with Gasteiger partial charge < -0.3 is 9.30 Å². The summed E-state index contributed by atoms with van der Waals surface area (Å²) in [7, 11) is 1.69. The van der Waals surface area contributed by atoms with E-state index >= 15 is 0 Å². The molecule has 2 aromatic heterocycles. The van der Waals surface area contributed by atoms with E-state index in [9.17, 15) is 0 Å². The quantitative estimate of drug-likeness (QED) is 0.800. The van der Waals surface area contributed by atoms with Gasteiger partial charge in [0.05, 0.1) is 18.0 Å². The molecular formula is C13H18ClN3O. The fourth-order valence-corrected chi connectivity index (χ4v) is 2.42. The number of fused-ring (bicyclic) bond motifs is 1. The third kappa shape index (κ3) is 2.22. The molecule has 0 bridgehead atoms. The Morgan fingerprint density at radius 1 is 1.33 bits per heavy atom. The number of rotatable bonds is 4. The first-order valence-electron chi connectivity index (χ1n) is 5.90. The summed E-state index contributed by atoms with van der Waals surface area (Å²) in [5, 5.41) is 0. The average molecular weight is 268 g/mol. The Morgan fingerprint density at radius 2 is 2.06 bits per heavy atom. The van der Waals surface area contributed by atoms with E-state index in [0.717, 1.165) is 22.7 Å². The molecule has 0 spiro atoms. The summed E-state index contributed by atoms with van der Waals surface area (Å²) >= 11 is 6.00. The molecule has 0 fully saturated rings. The van der Waals surface area contributed by atoms with E-state index < -0.39 is 0 Å². The molecule has 0 N–H and O–H groups in total. The largest absolute Gasteiger partial charge is 0.382 e. The molecule has 0 atom stereocenters. The lowest BCUT2D eigenvalue weighted by Crippen LogP contribution is -2.33. The molecule has 4 nitrogen and oxygen atoms in total. The van der Waals surface area contributed by atoms with Crippen LogP contribution in [0, 0.1) is 6.92 Å². The van der Waals surface area contributed by atoms with Gasteiger partial charge in [-0.05, 0) is 32.9 Å². The highest BCUT2D eigenvalue weighted by molar-refractivity contribution is 6.16. The molecule has 0 unspecified atom stereocenters. The second-order valence-electron chi connectivity index (χ2n) is 5.04. The topological polar surface area (TPSA) is 39.9 Å². The maximum atomic E-state index is 6.00. The van der Waals surface area contributed by atoms with E-state index in [-0.39, 0.29) is 5.54 Å². The highest BCUT2D eigenvalue weighted by Crippen LogP contribution is 2.25. The second kappa shape index (κ2) is 4.86.